The second kappa shape index (κ2) is 8.83. The van der Waals surface area contributed by atoms with Gasteiger partial charge in [0.05, 0.1) is 4.90 Å². The maximum absolute atomic E-state index is 12.9. The molecule has 0 bridgehead atoms. The van der Waals surface area contributed by atoms with Crippen molar-refractivity contribution in [3.63, 3.8) is 0 Å². The molecule has 0 saturated carbocycles. The van der Waals surface area contributed by atoms with Crippen molar-refractivity contribution in [3.05, 3.63) is 24.3 Å². The highest BCUT2D eigenvalue weighted by atomic mass is 35.5. The molecule has 0 heterocycles. The maximum Gasteiger partial charge on any atom is 0.243 e. The van der Waals surface area contributed by atoms with E-state index in [1.54, 1.807) is 19.1 Å². The molecular formula is C17H27ClN2O3S. The Bertz CT molecular complexity index is 630. The van der Waals surface area contributed by atoms with E-state index in [2.05, 4.69) is 5.32 Å². The van der Waals surface area contributed by atoms with Gasteiger partial charge >= 0.3 is 0 Å². The number of nitrogens with zero attached hydrogens (tertiary/aromatic N) is 1. The third kappa shape index (κ3) is 6.07. The van der Waals surface area contributed by atoms with Crippen LogP contribution in [0.4, 0.5) is 5.69 Å². The predicted octanol–water partition coefficient (Wildman–Crippen LogP) is 3.56. The number of carbonyl (C=O) groups excluding carboxylic acids is 1. The number of hydrogen-bond acceptors (Lipinski definition) is 3. The number of hydrogen-bond donors (Lipinski definition) is 1. The van der Waals surface area contributed by atoms with Gasteiger partial charge in [-0.3, -0.25) is 4.79 Å². The standard InChI is InChI=1S/C17H27ClN2O3S/c1-12(2)10-20(11-13(3)4)24(22,23)16-8-6-15(7-9-16)19-17(21)14(5)18/h6-9,12-14H,10-11H2,1-5H3,(H,19,21)/t14-/m0/s1. The first-order valence-electron chi connectivity index (χ1n) is 8.09. The summed E-state index contributed by atoms with van der Waals surface area (Å²) in [5.41, 5.74) is 0.519. The van der Waals surface area contributed by atoms with E-state index in [-0.39, 0.29) is 22.6 Å². The molecule has 0 radical (unpaired) electrons. The molecule has 0 unspecified atom stereocenters. The molecule has 0 fully saturated rings. The first kappa shape index (κ1) is 20.9. The molecular weight excluding hydrogens is 348 g/mol. The van der Waals surface area contributed by atoms with Crippen LogP contribution in [0.15, 0.2) is 29.2 Å². The van der Waals surface area contributed by atoms with E-state index in [4.69, 9.17) is 11.6 Å². The third-order valence-corrected chi connectivity index (χ3v) is 5.30. The van der Waals surface area contributed by atoms with Crippen molar-refractivity contribution in [1.29, 1.82) is 0 Å². The fourth-order valence-electron chi connectivity index (χ4n) is 2.19. The second-order valence-electron chi connectivity index (χ2n) is 6.74. The van der Waals surface area contributed by atoms with Crippen LogP contribution in [-0.4, -0.2) is 37.1 Å². The molecule has 0 spiro atoms. The van der Waals surface area contributed by atoms with E-state index in [1.807, 2.05) is 27.7 Å². The van der Waals surface area contributed by atoms with Gasteiger partial charge in [-0.2, -0.15) is 4.31 Å². The summed E-state index contributed by atoms with van der Waals surface area (Å²) in [7, 11) is -3.56. The Morgan fingerprint density at radius 3 is 1.88 bits per heavy atom. The van der Waals surface area contributed by atoms with Crippen LogP contribution >= 0.6 is 11.6 Å². The lowest BCUT2D eigenvalue weighted by Crippen LogP contribution is -2.37. The lowest BCUT2D eigenvalue weighted by atomic mass is 10.2. The molecule has 136 valence electrons. The fraction of sp³-hybridized carbons (Fsp3) is 0.588. The number of nitrogens with one attached hydrogen (secondary N) is 1. The van der Waals surface area contributed by atoms with Crippen molar-refractivity contribution < 1.29 is 13.2 Å². The Hall–Kier alpha value is -1.11. The zero-order valence-electron chi connectivity index (χ0n) is 14.9. The van der Waals surface area contributed by atoms with Gasteiger partial charge in [0.15, 0.2) is 0 Å². The Kier molecular flexibility index (Phi) is 7.70. The fourth-order valence-corrected chi connectivity index (χ4v) is 4.01. The largest absolute Gasteiger partial charge is 0.325 e. The number of halogens is 1. The minimum absolute atomic E-state index is 0.223. The van der Waals surface area contributed by atoms with Crippen molar-refractivity contribution in [1.82, 2.24) is 4.31 Å². The number of alkyl halides is 1. The topological polar surface area (TPSA) is 66.5 Å². The van der Waals surface area contributed by atoms with E-state index in [9.17, 15) is 13.2 Å². The van der Waals surface area contributed by atoms with Crippen LogP contribution in [0.1, 0.15) is 34.6 Å². The van der Waals surface area contributed by atoms with Gasteiger partial charge in [-0.25, -0.2) is 8.42 Å². The minimum atomic E-state index is -3.56. The van der Waals surface area contributed by atoms with Gasteiger partial charge in [0.2, 0.25) is 15.9 Å². The van der Waals surface area contributed by atoms with Crippen molar-refractivity contribution in [2.75, 3.05) is 18.4 Å². The molecule has 0 aliphatic rings. The van der Waals surface area contributed by atoms with Gasteiger partial charge < -0.3 is 5.32 Å². The van der Waals surface area contributed by atoms with Crippen molar-refractivity contribution in [3.8, 4) is 0 Å². The van der Waals surface area contributed by atoms with Gasteiger partial charge in [0, 0.05) is 18.8 Å². The first-order chi connectivity index (χ1) is 11.0. The first-order valence-corrected chi connectivity index (χ1v) is 9.96. The Morgan fingerprint density at radius 2 is 1.50 bits per heavy atom. The molecule has 5 nitrogen and oxygen atoms in total. The number of rotatable bonds is 8. The van der Waals surface area contributed by atoms with Gasteiger partial charge in [-0.15, -0.1) is 11.6 Å². The highest BCUT2D eigenvalue weighted by Crippen LogP contribution is 2.21. The lowest BCUT2D eigenvalue weighted by molar-refractivity contribution is -0.115. The normalized spacial score (nSPS) is 13.5. The molecule has 0 aliphatic heterocycles. The Balaban J connectivity index is 3.01. The summed E-state index contributed by atoms with van der Waals surface area (Å²) in [6.07, 6.45) is 0. The molecule has 0 saturated heterocycles. The summed E-state index contributed by atoms with van der Waals surface area (Å²) in [6.45, 7) is 10.5. The zero-order valence-corrected chi connectivity index (χ0v) is 16.5. The van der Waals surface area contributed by atoms with Gasteiger partial charge in [-0.05, 0) is 43.0 Å². The Labute approximate surface area is 150 Å². The summed E-state index contributed by atoms with van der Waals surface area (Å²) < 4.78 is 27.2. The molecule has 1 aromatic rings. The number of carbonyl (C=O) groups is 1. The van der Waals surface area contributed by atoms with E-state index >= 15 is 0 Å². The highest BCUT2D eigenvalue weighted by Gasteiger charge is 2.25. The lowest BCUT2D eigenvalue weighted by Gasteiger charge is -2.25. The van der Waals surface area contributed by atoms with Gasteiger partial charge in [0.25, 0.3) is 0 Å². The molecule has 0 aliphatic carbocycles. The molecule has 1 aromatic carbocycles. The van der Waals surface area contributed by atoms with E-state index in [0.29, 0.717) is 18.8 Å². The Morgan fingerprint density at radius 1 is 1.04 bits per heavy atom. The molecule has 7 heteroatoms. The van der Waals surface area contributed by atoms with Crippen LogP contribution in [-0.2, 0) is 14.8 Å². The average Bonchev–Trinajstić information content (AvgIpc) is 2.46. The monoisotopic (exact) mass is 374 g/mol. The summed E-state index contributed by atoms with van der Waals surface area (Å²) in [6, 6.07) is 6.18. The molecule has 1 amide bonds. The summed E-state index contributed by atoms with van der Waals surface area (Å²) in [5.74, 6) is 0.151. The van der Waals surface area contributed by atoms with E-state index < -0.39 is 15.4 Å². The summed E-state index contributed by atoms with van der Waals surface area (Å²) >= 11 is 5.71. The number of sulfonamides is 1. The summed E-state index contributed by atoms with van der Waals surface area (Å²) in [5, 5.41) is 1.98. The molecule has 1 atom stereocenters. The smallest absolute Gasteiger partial charge is 0.243 e. The van der Waals surface area contributed by atoms with Crippen molar-refractivity contribution in [2.45, 2.75) is 44.9 Å². The van der Waals surface area contributed by atoms with Crippen LogP contribution in [0.3, 0.4) is 0 Å². The maximum atomic E-state index is 12.9. The highest BCUT2D eigenvalue weighted by molar-refractivity contribution is 7.89. The second-order valence-corrected chi connectivity index (χ2v) is 9.33. The van der Waals surface area contributed by atoms with Crippen LogP contribution in [0.2, 0.25) is 0 Å². The molecule has 1 N–H and O–H groups in total. The van der Waals surface area contributed by atoms with E-state index in [0.717, 1.165) is 0 Å². The van der Waals surface area contributed by atoms with Crippen molar-refractivity contribution >= 4 is 33.2 Å². The summed E-state index contributed by atoms with van der Waals surface area (Å²) in [4.78, 5) is 11.8. The zero-order chi connectivity index (χ0) is 18.5. The average molecular weight is 375 g/mol. The van der Waals surface area contributed by atoms with Gasteiger partial charge in [-0.1, -0.05) is 27.7 Å². The quantitative estimate of drug-likeness (QED) is 0.707. The molecule has 24 heavy (non-hydrogen) atoms. The van der Waals surface area contributed by atoms with Gasteiger partial charge in [0.1, 0.15) is 5.38 Å². The van der Waals surface area contributed by atoms with Crippen LogP contribution in [0.25, 0.3) is 0 Å². The SMILES string of the molecule is CC(C)CN(CC(C)C)S(=O)(=O)c1ccc(NC(=O)[C@H](C)Cl)cc1. The van der Waals surface area contributed by atoms with E-state index in [1.165, 1.54) is 16.4 Å². The van der Waals surface area contributed by atoms with Crippen LogP contribution in [0.5, 0.6) is 0 Å². The van der Waals surface area contributed by atoms with Crippen molar-refractivity contribution in [2.24, 2.45) is 11.8 Å². The predicted molar refractivity (Wildman–Crippen MR) is 98.8 cm³/mol. The van der Waals surface area contributed by atoms with Crippen LogP contribution < -0.4 is 5.32 Å². The number of benzene rings is 1. The number of amides is 1. The van der Waals surface area contributed by atoms with Crippen LogP contribution in [0, 0.1) is 11.8 Å². The molecule has 1 rings (SSSR count). The third-order valence-electron chi connectivity index (χ3n) is 3.26. The minimum Gasteiger partial charge on any atom is -0.325 e. The number of anilines is 1. The molecule has 0 aromatic heterocycles.